The largest absolute Gasteiger partial charge is 0.383 e. The number of hydrogen-bond acceptors (Lipinski definition) is 2. The molecule has 2 amide bonds. The van der Waals surface area contributed by atoms with E-state index in [2.05, 4.69) is 5.32 Å². The Bertz CT molecular complexity index is 314. The van der Waals surface area contributed by atoms with Crippen molar-refractivity contribution in [2.45, 2.75) is 6.54 Å². The zero-order chi connectivity index (χ0) is 11.8. The summed E-state index contributed by atoms with van der Waals surface area (Å²) in [5, 5.41) is 2.77. The van der Waals surface area contributed by atoms with Crippen LogP contribution in [-0.2, 0) is 11.3 Å². The molecule has 0 spiro atoms. The maximum Gasteiger partial charge on any atom is 0.317 e. The van der Waals surface area contributed by atoms with Crippen molar-refractivity contribution in [3.8, 4) is 0 Å². The lowest BCUT2D eigenvalue weighted by Crippen LogP contribution is -2.38. The van der Waals surface area contributed by atoms with Crippen LogP contribution in [0.1, 0.15) is 5.56 Å². The Kier molecular flexibility index (Phi) is 5.36. The fourth-order valence-electron chi connectivity index (χ4n) is 1.32. The van der Waals surface area contributed by atoms with Crippen molar-refractivity contribution in [3.05, 3.63) is 35.9 Å². The summed E-state index contributed by atoms with van der Waals surface area (Å²) >= 11 is 0. The molecule has 4 heteroatoms. The molecule has 0 unspecified atom stereocenters. The lowest BCUT2D eigenvalue weighted by molar-refractivity contribution is 0.184. The standard InChI is InChI=1S/C12H18N2O2/c1-14(12(15)13-8-9-16-2)10-11-6-4-3-5-7-11/h3-7H,8-10H2,1-2H3,(H,13,15). The molecule has 0 atom stereocenters. The van der Waals surface area contributed by atoms with Crippen LogP contribution in [0, 0.1) is 0 Å². The minimum atomic E-state index is -0.0825. The minimum absolute atomic E-state index is 0.0825. The molecular formula is C12H18N2O2. The smallest absolute Gasteiger partial charge is 0.317 e. The Labute approximate surface area is 96.2 Å². The number of carbonyl (C=O) groups excluding carboxylic acids is 1. The molecule has 0 bridgehead atoms. The first-order valence-corrected chi connectivity index (χ1v) is 5.26. The summed E-state index contributed by atoms with van der Waals surface area (Å²) in [5.41, 5.74) is 1.12. The Morgan fingerprint density at radius 3 is 2.69 bits per heavy atom. The van der Waals surface area contributed by atoms with Gasteiger partial charge in [-0.2, -0.15) is 0 Å². The second-order valence-electron chi connectivity index (χ2n) is 3.57. The van der Waals surface area contributed by atoms with Crippen molar-refractivity contribution in [1.29, 1.82) is 0 Å². The van der Waals surface area contributed by atoms with E-state index in [1.54, 1.807) is 19.1 Å². The number of hydrogen-bond donors (Lipinski definition) is 1. The molecule has 1 rings (SSSR count). The van der Waals surface area contributed by atoms with Crippen LogP contribution in [0.25, 0.3) is 0 Å². The molecule has 0 saturated heterocycles. The van der Waals surface area contributed by atoms with E-state index in [0.29, 0.717) is 19.7 Å². The third-order valence-electron chi connectivity index (χ3n) is 2.19. The van der Waals surface area contributed by atoms with Crippen LogP contribution in [0.15, 0.2) is 30.3 Å². The molecule has 1 N–H and O–H groups in total. The Morgan fingerprint density at radius 2 is 2.06 bits per heavy atom. The van der Waals surface area contributed by atoms with Crippen LogP contribution in [0.4, 0.5) is 4.79 Å². The second kappa shape index (κ2) is 6.85. The third-order valence-corrected chi connectivity index (χ3v) is 2.19. The van der Waals surface area contributed by atoms with Gasteiger partial charge in [0.1, 0.15) is 0 Å². The summed E-state index contributed by atoms with van der Waals surface area (Å²) in [5.74, 6) is 0. The zero-order valence-electron chi connectivity index (χ0n) is 9.77. The van der Waals surface area contributed by atoms with Gasteiger partial charge >= 0.3 is 6.03 Å². The van der Waals surface area contributed by atoms with Crippen LogP contribution in [0.5, 0.6) is 0 Å². The molecule has 0 heterocycles. The number of carbonyl (C=O) groups is 1. The number of nitrogens with zero attached hydrogens (tertiary/aromatic N) is 1. The normalized spacial score (nSPS) is 9.88. The predicted octanol–water partition coefficient (Wildman–Crippen LogP) is 1.47. The van der Waals surface area contributed by atoms with Gasteiger partial charge in [-0.25, -0.2) is 4.79 Å². The van der Waals surface area contributed by atoms with Gasteiger partial charge in [-0.3, -0.25) is 0 Å². The lowest BCUT2D eigenvalue weighted by Gasteiger charge is -2.17. The fourth-order valence-corrected chi connectivity index (χ4v) is 1.32. The van der Waals surface area contributed by atoms with Crippen molar-refractivity contribution in [2.75, 3.05) is 27.3 Å². The van der Waals surface area contributed by atoms with Gasteiger partial charge in [-0.15, -0.1) is 0 Å². The molecule has 1 aromatic carbocycles. The first-order valence-electron chi connectivity index (χ1n) is 5.26. The first-order chi connectivity index (χ1) is 7.74. The Balaban J connectivity index is 2.34. The van der Waals surface area contributed by atoms with Gasteiger partial charge in [0.2, 0.25) is 0 Å². The van der Waals surface area contributed by atoms with E-state index in [0.717, 1.165) is 5.56 Å². The number of rotatable bonds is 5. The Morgan fingerprint density at radius 1 is 1.38 bits per heavy atom. The topological polar surface area (TPSA) is 41.6 Å². The lowest BCUT2D eigenvalue weighted by atomic mass is 10.2. The Hall–Kier alpha value is -1.55. The molecule has 0 saturated carbocycles. The van der Waals surface area contributed by atoms with Gasteiger partial charge < -0.3 is 15.0 Å². The van der Waals surface area contributed by atoms with Gasteiger partial charge in [0.25, 0.3) is 0 Å². The molecule has 0 aliphatic rings. The minimum Gasteiger partial charge on any atom is -0.383 e. The summed E-state index contributed by atoms with van der Waals surface area (Å²) in [4.78, 5) is 13.2. The number of amides is 2. The molecule has 16 heavy (non-hydrogen) atoms. The summed E-state index contributed by atoms with van der Waals surface area (Å²) in [7, 11) is 3.38. The quantitative estimate of drug-likeness (QED) is 0.767. The highest BCUT2D eigenvalue weighted by Gasteiger charge is 2.07. The molecule has 88 valence electrons. The van der Waals surface area contributed by atoms with Gasteiger partial charge in [0.05, 0.1) is 6.61 Å². The highest BCUT2D eigenvalue weighted by Crippen LogP contribution is 2.02. The van der Waals surface area contributed by atoms with Crippen LogP contribution >= 0.6 is 0 Å². The number of nitrogens with one attached hydrogen (secondary N) is 1. The van der Waals surface area contributed by atoms with E-state index >= 15 is 0 Å². The summed E-state index contributed by atoms with van der Waals surface area (Å²) in [6.07, 6.45) is 0. The fraction of sp³-hybridized carbons (Fsp3) is 0.417. The SMILES string of the molecule is COCCNC(=O)N(C)Cc1ccccc1. The molecule has 1 aromatic rings. The zero-order valence-corrected chi connectivity index (χ0v) is 9.77. The van der Waals surface area contributed by atoms with Gasteiger partial charge in [0, 0.05) is 27.2 Å². The average Bonchev–Trinajstić information content (AvgIpc) is 2.30. The van der Waals surface area contributed by atoms with Crippen molar-refractivity contribution >= 4 is 6.03 Å². The van der Waals surface area contributed by atoms with E-state index < -0.39 is 0 Å². The molecule has 0 aliphatic carbocycles. The first kappa shape index (κ1) is 12.5. The van der Waals surface area contributed by atoms with Gasteiger partial charge in [0.15, 0.2) is 0 Å². The summed E-state index contributed by atoms with van der Waals surface area (Å²) in [6.45, 7) is 1.68. The van der Waals surface area contributed by atoms with Gasteiger partial charge in [-0.1, -0.05) is 30.3 Å². The highest BCUT2D eigenvalue weighted by atomic mass is 16.5. The van der Waals surface area contributed by atoms with Crippen molar-refractivity contribution < 1.29 is 9.53 Å². The van der Waals surface area contributed by atoms with E-state index in [9.17, 15) is 4.79 Å². The number of methoxy groups -OCH3 is 1. The monoisotopic (exact) mass is 222 g/mol. The van der Waals surface area contributed by atoms with Crippen molar-refractivity contribution in [3.63, 3.8) is 0 Å². The number of ether oxygens (including phenoxy) is 1. The molecule has 4 nitrogen and oxygen atoms in total. The molecule has 0 aliphatic heterocycles. The molecular weight excluding hydrogens is 204 g/mol. The molecule has 0 aromatic heterocycles. The summed E-state index contributed by atoms with van der Waals surface area (Å²) in [6, 6.07) is 9.80. The van der Waals surface area contributed by atoms with Crippen LogP contribution in [-0.4, -0.2) is 38.2 Å². The van der Waals surface area contributed by atoms with Crippen LogP contribution in [0.3, 0.4) is 0 Å². The van der Waals surface area contributed by atoms with Crippen LogP contribution in [0.2, 0.25) is 0 Å². The highest BCUT2D eigenvalue weighted by molar-refractivity contribution is 5.73. The van der Waals surface area contributed by atoms with E-state index in [1.165, 1.54) is 0 Å². The van der Waals surface area contributed by atoms with Gasteiger partial charge in [-0.05, 0) is 5.56 Å². The average molecular weight is 222 g/mol. The maximum atomic E-state index is 11.6. The number of benzene rings is 1. The predicted molar refractivity (Wildman–Crippen MR) is 63.2 cm³/mol. The van der Waals surface area contributed by atoms with E-state index in [-0.39, 0.29) is 6.03 Å². The second-order valence-corrected chi connectivity index (χ2v) is 3.57. The van der Waals surface area contributed by atoms with E-state index in [4.69, 9.17) is 4.74 Å². The third kappa shape index (κ3) is 4.31. The van der Waals surface area contributed by atoms with Crippen LogP contribution < -0.4 is 5.32 Å². The molecule has 0 radical (unpaired) electrons. The summed E-state index contributed by atoms with van der Waals surface area (Å²) < 4.78 is 4.86. The van der Waals surface area contributed by atoms with Crippen molar-refractivity contribution in [2.24, 2.45) is 0 Å². The molecule has 0 fully saturated rings. The van der Waals surface area contributed by atoms with E-state index in [1.807, 2.05) is 30.3 Å². The number of urea groups is 1. The van der Waals surface area contributed by atoms with Crippen molar-refractivity contribution in [1.82, 2.24) is 10.2 Å². The maximum absolute atomic E-state index is 11.6.